The molecule has 2 spiro atoms. The van der Waals surface area contributed by atoms with Gasteiger partial charge >= 0.3 is 0 Å². The first-order valence-corrected chi connectivity index (χ1v) is 17.9. The standard InChI is InChI=1S/C36H57NO6/c1-21-16-23(19-38)42-30-29(21)33(4)12-13-36-20-35(36)11-10-26(32(2,3)24(35)8-9-25(36)34(33,5)31(30)40)43-28-18-37(14-15-41-28)27(39)17-22-6-7-22/h21-26,28-31,38,40H,6-20H2,1-5H3/t21-,23?,24+,25?,26+,28+,29+,30?,31+,33-,34-,35-,36+/m1/s1. The number of ether oxygens (including phenoxy) is 3. The van der Waals surface area contributed by atoms with Crippen molar-refractivity contribution >= 4 is 5.91 Å². The predicted molar refractivity (Wildman–Crippen MR) is 162 cm³/mol. The van der Waals surface area contributed by atoms with Crippen molar-refractivity contribution < 1.29 is 29.2 Å². The van der Waals surface area contributed by atoms with Gasteiger partial charge in [0.05, 0.1) is 44.2 Å². The molecule has 0 aromatic heterocycles. The lowest BCUT2D eigenvalue weighted by Gasteiger charge is -2.64. The van der Waals surface area contributed by atoms with Gasteiger partial charge < -0.3 is 29.3 Å². The highest BCUT2D eigenvalue weighted by Gasteiger charge is 2.84. The molecule has 13 atom stereocenters. The first-order valence-electron chi connectivity index (χ1n) is 17.9. The van der Waals surface area contributed by atoms with Crippen LogP contribution in [0.1, 0.15) is 105 Å². The zero-order valence-corrected chi connectivity index (χ0v) is 27.4. The van der Waals surface area contributed by atoms with Crippen molar-refractivity contribution in [3.8, 4) is 0 Å². The number of aliphatic hydroxyl groups excluding tert-OH is 2. The van der Waals surface area contributed by atoms with Gasteiger partial charge in [0.25, 0.3) is 0 Å². The van der Waals surface area contributed by atoms with Crippen LogP contribution in [-0.4, -0.2) is 78.0 Å². The molecule has 3 unspecified atom stereocenters. The van der Waals surface area contributed by atoms with E-state index in [0.717, 1.165) is 12.8 Å². The molecule has 8 aliphatic rings. The van der Waals surface area contributed by atoms with Crippen molar-refractivity contribution in [3.05, 3.63) is 0 Å². The Morgan fingerprint density at radius 3 is 2.49 bits per heavy atom. The van der Waals surface area contributed by atoms with E-state index in [4.69, 9.17) is 14.2 Å². The van der Waals surface area contributed by atoms with E-state index in [1.165, 1.54) is 51.4 Å². The van der Waals surface area contributed by atoms with E-state index < -0.39 is 6.10 Å². The second-order valence-corrected chi connectivity index (χ2v) is 17.7. The number of hydrogen-bond acceptors (Lipinski definition) is 6. The predicted octanol–water partition coefficient (Wildman–Crippen LogP) is 5.16. The minimum Gasteiger partial charge on any atom is -0.394 e. The molecule has 1 amide bonds. The van der Waals surface area contributed by atoms with Crippen molar-refractivity contribution in [1.29, 1.82) is 0 Å². The SMILES string of the molecule is C[C@@H]1CC(CO)OC2[C@H]1[C@@]1(C)CC[C@@]34C[C@@]35CC[C@H](O[C@H]3CN(C(=O)CC6CC6)CCO3)C(C)(C)[C@@H]5CCC4[C@]1(C)[C@H]2O. The third kappa shape index (κ3) is 3.87. The third-order valence-electron chi connectivity index (χ3n) is 15.9. The van der Waals surface area contributed by atoms with E-state index >= 15 is 0 Å². The molecular weight excluding hydrogens is 542 g/mol. The fourth-order valence-corrected chi connectivity index (χ4v) is 13.6. The number of carbonyl (C=O) groups excluding carboxylic acids is 1. The Labute approximate surface area is 258 Å². The number of nitrogens with zero attached hydrogens (tertiary/aromatic N) is 1. The second kappa shape index (κ2) is 9.65. The summed E-state index contributed by atoms with van der Waals surface area (Å²) in [5.41, 5.74) is 0.578. The lowest BCUT2D eigenvalue weighted by Crippen LogP contribution is -2.60. The zero-order valence-electron chi connectivity index (χ0n) is 27.4. The Balaban J connectivity index is 1.01. The molecule has 7 nitrogen and oxygen atoms in total. The molecule has 6 saturated carbocycles. The van der Waals surface area contributed by atoms with Crippen molar-refractivity contribution in [3.63, 3.8) is 0 Å². The summed E-state index contributed by atoms with van der Waals surface area (Å²) in [6, 6.07) is 0. The molecule has 2 aliphatic heterocycles. The maximum atomic E-state index is 12.8. The molecule has 8 rings (SSSR count). The van der Waals surface area contributed by atoms with E-state index in [-0.39, 0.29) is 53.4 Å². The number of fused-ring (bicyclic) bond motifs is 4. The van der Waals surface area contributed by atoms with Gasteiger partial charge in [0.15, 0.2) is 6.29 Å². The molecule has 6 aliphatic carbocycles. The lowest BCUT2D eigenvalue weighted by atomic mass is 9.41. The second-order valence-electron chi connectivity index (χ2n) is 17.7. The summed E-state index contributed by atoms with van der Waals surface area (Å²) < 4.78 is 19.4. The largest absolute Gasteiger partial charge is 0.394 e. The first-order chi connectivity index (χ1) is 20.4. The lowest BCUT2D eigenvalue weighted by molar-refractivity contribution is -0.248. The minimum absolute atomic E-state index is 0.0340. The van der Waals surface area contributed by atoms with Gasteiger partial charge in [-0.2, -0.15) is 0 Å². The number of aliphatic hydroxyl groups is 2. The van der Waals surface area contributed by atoms with Gasteiger partial charge in [-0.05, 0) is 115 Å². The topological polar surface area (TPSA) is 88.5 Å². The summed E-state index contributed by atoms with van der Waals surface area (Å²) in [5, 5.41) is 22.2. The van der Waals surface area contributed by atoms with E-state index in [9.17, 15) is 15.0 Å². The normalized spacial score (nSPS) is 55.0. The molecular formula is C36H57NO6. The van der Waals surface area contributed by atoms with Crippen LogP contribution < -0.4 is 0 Å². The molecule has 2 N–H and O–H groups in total. The van der Waals surface area contributed by atoms with Crippen LogP contribution in [0.15, 0.2) is 0 Å². The van der Waals surface area contributed by atoms with Gasteiger partial charge in [0, 0.05) is 18.4 Å². The van der Waals surface area contributed by atoms with Gasteiger partial charge in [0.1, 0.15) is 0 Å². The molecule has 2 saturated heterocycles. The van der Waals surface area contributed by atoms with Crippen molar-refractivity contribution in [2.45, 2.75) is 136 Å². The molecule has 0 aromatic carbocycles. The van der Waals surface area contributed by atoms with Gasteiger partial charge in [-0.1, -0.05) is 34.6 Å². The monoisotopic (exact) mass is 599 g/mol. The molecule has 242 valence electrons. The average molecular weight is 600 g/mol. The minimum atomic E-state index is -0.475. The van der Waals surface area contributed by atoms with Crippen LogP contribution in [0.3, 0.4) is 0 Å². The van der Waals surface area contributed by atoms with Crippen LogP contribution in [0, 0.1) is 56.7 Å². The van der Waals surface area contributed by atoms with Gasteiger partial charge in [-0.25, -0.2) is 0 Å². The van der Waals surface area contributed by atoms with E-state index in [1.54, 1.807) is 0 Å². The quantitative estimate of drug-likeness (QED) is 0.454. The Morgan fingerprint density at radius 1 is 1.00 bits per heavy atom. The summed E-state index contributed by atoms with van der Waals surface area (Å²) in [4.78, 5) is 14.8. The Hall–Kier alpha value is -0.730. The number of carbonyl (C=O) groups is 1. The molecule has 0 radical (unpaired) electrons. The highest BCUT2D eigenvalue weighted by molar-refractivity contribution is 5.76. The Morgan fingerprint density at radius 2 is 1.74 bits per heavy atom. The molecule has 0 bridgehead atoms. The Kier molecular flexibility index (Phi) is 6.66. The number of hydrogen-bond donors (Lipinski definition) is 2. The Bertz CT molecular complexity index is 1140. The van der Waals surface area contributed by atoms with E-state index in [0.29, 0.717) is 66.5 Å². The van der Waals surface area contributed by atoms with Crippen LogP contribution in [0.25, 0.3) is 0 Å². The highest BCUT2D eigenvalue weighted by atomic mass is 16.7. The maximum Gasteiger partial charge on any atom is 0.223 e. The van der Waals surface area contributed by atoms with Crippen LogP contribution in [0.4, 0.5) is 0 Å². The number of morpholine rings is 1. The highest BCUT2D eigenvalue weighted by Crippen LogP contribution is 2.89. The van der Waals surface area contributed by atoms with Crippen molar-refractivity contribution in [2.24, 2.45) is 56.7 Å². The van der Waals surface area contributed by atoms with Gasteiger partial charge in [-0.3, -0.25) is 4.79 Å². The average Bonchev–Trinajstić information content (AvgIpc) is 3.90. The smallest absolute Gasteiger partial charge is 0.223 e. The summed E-state index contributed by atoms with van der Waals surface area (Å²) in [5.74, 6) is 2.80. The van der Waals surface area contributed by atoms with Crippen LogP contribution >= 0.6 is 0 Å². The summed E-state index contributed by atoms with van der Waals surface area (Å²) in [7, 11) is 0. The zero-order chi connectivity index (χ0) is 30.2. The van der Waals surface area contributed by atoms with E-state index in [1.807, 2.05) is 4.90 Å². The summed E-state index contributed by atoms with van der Waals surface area (Å²) in [6.07, 6.45) is 11.4. The fraction of sp³-hybridized carbons (Fsp3) is 0.972. The first kappa shape index (κ1) is 29.7. The van der Waals surface area contributed by atoms with Crippen LogP contribution in [0.5, 0.6) is 0 Å². The summed E-state index contributed by atoms with van der Waals surface area (Å²) >= 11 is 0. The molecule has 0 aromatic rings. The number of rotatable bonds is 5. The van der Waals surface area contributed by atoms with Gasteiger partial charge in [0.2, 0.25) is 5.91 Å². The van der Waals surface area contributed by atoms with Crippen molar-refractivity contribution in [2.75, 3.05) is 26.3 Å². The maximum absolute atomic E-state index is 12.8. The van der Waals surface area contributed by atoms with E-state index in [2.05, 4.69) is 34.6 Å². The summed E-state index contributed by atoms with van der Waals surface area (Å²) in [6.45, 7) is 14.0. The van der Waals surface area contributed by atoms with Crippen molar-refractivity contribution in [1.82, 2.24) is 4.90 Å². The molecule has 7 heteroatoms. The number of amides is 1. The molecule has 2 heterocycles. The third-order valence-corrected chi connectivity index (χ3v) is 15.9. The fourth-order valence-electron chi connectivity index (χ4n) is 13.6. The molecule has 8 fully saturated rings. The van der Waals surface area contributed by atoms with Crippen LogP contribution in [0.2, 0.25) is 0 Å². The molecule has 43 heavy (non-hydrogen) atoms. The van der Waals surface area contributed by atoms with Crippen LogP contribution in [-0.2, 0) is 19.0 Å². The van der Waals surface area contributed by atoms with Gasteiger partial charge in [-0.15, -0.1) is 0 Å².